The maximum absolute atomic E-state index is 14.8. The zero-order chi connectivity index (χ0) is 24.4. The third-order valence-electron chi connectivity index (χ3n) is 7.69. The van der Waals surface area contributed by atoms with Crippen LogP contribution in [0.1, 0.15) is 68.2 Å². The molecule has 0 aromatic heterocycles. The minimum absolute atomic E-state index is 0.110. The van der Waals surface area contributed by atoms with Crippen LogP contribution in [0.25, 0.3) is 11.3 Å². The fourth-order valence-electron chi connectivity index (χ4n) is 5.75. The second-order valence-electron chi connectivity index (χ2n) is 9.80. The molecule has 1 fully saturated rings. The van der Waals surface area contributed by atoms with E-state index in [0.717, 1.165) is 48.8 Å². The molecule has 1 atom stereocenters. The molecule has 184 valence electrons. The molecule has 0 amide bonds. The number of nitrogens with zero attached hydrogens (tertiary/aromatic N) is 2. The number of halogens is 2. The van der Waals surface area contributed by atoms with Gasteiger partial charge in [-0.25, -0.2) is 9.92 Å². The van der Waals surface area contributed by atoms with Gasteiger partial charge in [0.05, 0.1) is 28.1 Å². The topological polar surface area (TPSA) is 63.5 Å². The van der Waals surface area contributed by atoms with Gasteiger partial charge in [-0.1, -0.05) is 48.7 Å². The van der Waals surface area contributed by atoms with E-state index in [2.05, 4.69) is 44.9 Å². The molecule has 0 radical (unpaired) electrons. The second kappa shape index (κ2) is 10.5. The lowest BCUT2D eigenvalue weighted by Gasteiger charge is -2.32. The molecule has 5 rings (SSSR count). The number of hydrogen-bond acceptors (Lipinski definition) is 5. The van der Waals surface area contributed by atoms with Gasteiger partial charge in [0.25, 0.3) is 0 Å². The van der Waals surface area contributed by atoms with Crippen molar-refractivity contribution in [3.8, 4) is 0 Å². The van der Waals surface area contributed by atoms with Crippen LogP contribution in [-0.2, 0) is 0 Å². The Hall–Kier alpha value is -2.70. The average Bonchev–Trinajstić information content (AvgIpc) is 3.37. The van der Waals surface area contributed by atoms with Crippen molar-refractivity contribution >= 4 is 28.6 Å². The van der Waals surface area contributed by atoms with E-state index in [1.165, 1.54) is 36.8 Å². The van der Waals surface area contributed by atoms with Crippen molar-refractivity contribution in [2.24, 2.45) is 5.11 Å². The van der Waals surface area contributed by atoms with Gasteiger partial charge >= 0.3 is 0 Å². The van der Waals surface area contributed by atoms with Crippen LogP contribution in [0.3, 0.4) is 0 Å². The number of rotatable bonds is 5. The molecular weight excluding hydrogens is 461 g/mol. The van der Waals surface area contributed by atoms with E-state index < -0.39 is 5.82 Å². The molecule has 2 aromatic carbocycles. The standard InChI is InChI=1S/C28H33ClFN5/c1-18(34-31)28-22-10-9-20(19-12-15-35(16-13-19)21-5-2-3-6-21)17-23(22)25(11-14-32-28)33-26-8-4-7-24(29)27(26)30/h4,7-10,12,17,21,25,31-33H,2-3,5-6,11,13-16H2,1H3/b28-18-,34-31?. The zero-order valence-electron chi connectivity index (χ0n) is 20.2. The van der Waals surface area contributed by atoms with Crippen molar-refractivity contribution in [3.63, 3.8) is 0 Å². The molecule has 2 aliphatic heterocycles. The summed E-state index contributed by atoms with van der Waals surface area (Å²) in [5.74, 6) is -0.431. The van der Waals surface area contributed by atoms with E-state index in [-0.39, 0.29) is 11.1 Å². The van der Waals surface area contributed by atoms with E-state index >= 15 is 0 Å². The van der Waals surface area contributed by atoms with Crippen LogP contribution in [0, 0.1) is 11.3 Å². The van der Waals surface area contributed by atoms with E-state index in [4.69, 9.17) is 17.1 Å². The van der Waals surface area contributed by atoms with Gasteiger partial charge in [0, 0.05) is 31.2 Å². The summed E-state index contributed by atoms with van der Waals surface area (Å²) < 4.78 is 14.8. The fourth-order valence-corrected chi connectivity index (χ4v) is 5.92. The maximum Gasteiger partial charge on any atom is 0.164 e. The first-order valence-corrected chi connectivity index (χ1v) is 13.0. The van der Waals surface area contributed by atoms with E-state index in [9.17, 15) is 4.39 Å². The van der Waals surface area contributed by atoms with Gasteiger partial charge in [-0.05, 0) is 67.5 Å². The van der Waals surface area contributed by atoms with Crippen molar-refractivity contribution in [2.75, 3.05) is 25.0 Å². The molecule has 7 heteroatoms. The summed E-state index contributed by atoms with van der Waals surface area (Å²) in [7, 11) is 0. The summed E-state index contributed by atoms with van der Waals surface area (Å²) in [6.07, 6.45) is 9.56. The Morgan fingerprint density at radius 3 is 2.77 bits per heavy atom. The molecule has 3 aliphatic rings. The van der Waals surface area contributed by atoms with Gasteiger partial charge in [0.15, 0.2) is 5.82 Å². The Morgan fingerprint density at radius 1 is 1.20 bits per heavy atom. The number of nitrogens with one attached hydrogen (secondary N) is 3. The number of anilines is 1. The number of hydrogen-bond donors (Lipinski definition) is 3. The molecule has 0 saturated heterocycles. The van der Waals surface area contributed by atoms with Crippen LogP contribution in [0.5, 0.6) is 0 Å². The van der Waals surface area contributed by atoms with Crippen molar-refractivity contribution in [3.05, 3.63) is 75.7 Å². The monoisotopic (exact) mass is 493 g/mol. The number of allylic oxidation sites excluding steroid dienone is 1. The van der Waals surface area contributed by atoms with Crippen LogP contribution in [0.2, 0.25) is 5.02 Å². The molecule has 2 aromatic rings. The van der Waals surface area contributed by atoms with Gasteiger partial charge < -0.3 is 10.6 Å². The molecule has 3 N–H and O–H groups in total. The predicted molar refractivity (Wildman–Crippen MR) is 141 cm³/mol. The maximum atomic E-state index is 14.8. The molecular formula is C28H33ClFN5. The molecule has 1 aliphatic carbocycles. The van der Waals surface area contributed by atoms with E-state index in [1.807, 2.05) is 6.92 Å². The largest absolute Gasteiger partial charge is 0.383 e. The molecule has 5 nitrogen and oxygen atoms in total. The van der Waals surface area contributed by atoms with Crippen LogP contribution < -0.4 is 10.6 Å². The third kappa shape index (κ3) is 5.00. The predicted octanol–water partition coefficient (Wildman–Crippen LogP) is 7.38. The molecule has 0 bridgehead atoms. The van der Waals surface area contributed by atoms with Gasteiger partial charge in [0.1, 0.15) is 0 Å². The first-order valence-electron chi connectivity index (χ1n) is 12.7. The van der Waals surface area contributed by atoms with Crippen LogP contribution >= 0.6 is 11.6 Å². The Kier molecular flexibility index (Phi) is 7.21. The Balaban J connectivity index is 1.50. The Bertz CT molecular complexity index is 1170. The van der Waals surface area contributed by atoms with Crippen molar-refractivity contribution in [2.45, 2.75) is 57.5 Å². The molecule has 1 unspecified atom stereocenters. The van der Waals surface area contributed by atoms with E-state index in [1.54, 1.807) is 18.2 Å². The SMILES string of the molecule is C/C(N=N)=C1/NCCC(Nc2cccc(Cl)c2F)c2cc(C3=CCN(C4CCCC4)CC3)ccc21. The summed E-state index contributed by atoms with van der Waals surface area (Å²) in [6, 6.07) is 12.2. The first-order chi connectivity index (χ1) is 17.0. The Labute approximate surface area is 211 Å². The average molecular weight is 494 g/mol. The summed E-state index contributed by atoms with van der Waals surface area (Å²) in [5, 5.41) is 10.7. The number of benzene rings is 2. The van der Waals surface area contributed by atoms with Crippen molar-refractivity contribution < 1.29 is 4.39 Å². The molecule has 2 heterocycles. The van der Waals surface area contributed by atoms with Crippen LogP contribution in [0.15, 0.2) is 53.3 Å². The van der Waals surface area contributed by atoms with Gasteiger partial charge in [-0.3, -0.25) is 4.90 Å². The summed E-state index contributed by atoms with van der Waals surface area (Å²) in [5.41, 5.74) is 14.1. The normalized spacial score (nSPS) is 22.6. The van der Waals surface area contributed by atoms with Crippen LogP contribution in [0.4, 0.5) is 10.1 Å². The molecule has 1 saturated carbocycles. The fraction of sp³-hybridized carbons (Fsp3) is 0.429. The zero-order valence-corrected chi connectivity index (χ0v) is 21.0. The van der Waals surface area contributed by atoms with E-state index in [0.29, 0.717) is 17.9 Å². The highest BCUT2D eigenvalue weighted by Gasteiger charge is 2.27. The van der Waals surface area contributed by atoms with Gasteiger partial charge in [-0.2, -0.15) is 5.11 Å². The Morgan fingerprint density at radius 2 is 2.03 bits per heavy atom. The van der Waals surface area contributed by atoms with Crippen molar-refractivity contribution in [1.82, 2.24) is 10.2 Å². The minimum atomic E-state index is -0.431. The molecule has 35 heavy (non-hydrogen) atoms. The summed E-state index contributed by atoms with van der Waals surface area (Å²) in [6.45, 7) is 4.65. The lowest BCUT2D eigenvalue weighted by Crippen LogP contribution is -2.36. The highest BCUT2D eigenvalue weighted by Crippen LogP contribution is 2.37. The minimum Gasteiger partial charge on any atom is -0.383 e. The lowest BCUT2D eigenvalue weighted by molar-refractivity contribution is 0.219. The van der Waals surface area contributed by atoms with Gasteiger partial charge in [-0.15, -0.1) is 0 Å². The number of fused-ring (bicyclic) bond motifs is 1. The first kappa shape index (κ1) is 24.0. The molecule has 0 spiro atoms. The highest BCUT2D eigenvalue weighted by atomic mass is 35.5. The quantitative estimate of drug-likeness (QED) is 0.381. The van der Waals surface area contributed by atoms with Crippen LogP contribution in [-0.4, -0.2) is 30.6 Å². The summed E-state index contributed by atoms with van der Waals surface area (Å²) in [4.78, 5) is 2.64. The van der Waals surface area contributed by atoms with Crippen molar-refractivity contribution in [1.29, 1.82) is 5.53 Å². The smallest absolute Gasteiger partial charge is 0.164 e. The third-order valence-corrected chi connectivity index (χ3v) is 7.99. The second-order valence-corrected chi connectivity index (χ2v) is 10.2. The highest BCUT2D eigenvalue weighted by molar-refractivity contribution is 6.31. The summed E-state index contributed by atoms with van der Waals surface area (Å²) >= 11 is 6.05. The van der Waals surface area contributed by atoms with Gasteiger partial charge in [0.2, 0.25) is 0 Å². The lowest BCUT2D eigenvalue weighted by atomic mass is 9.90.